The van der Waals surface area contributed by atoms with E-state index in [4.69, 9.17) is 11.3 Å². The summed E-state index contributed by atoms with van der Waals surface area (Å²) in [4.78, 5) is 30.7. The fraction of sp³-hybridized carbons (Fsp3) is 0.300. The van der Waals surface area contributed by atoms with Gasteiger partial charge in [0.15, 0.2) is 0 Å². The summed E-state index contributed by atoms with van der Waals surface area (Å²) in [6.07, 6.45) is 1.30. The van der Waals surface area contributed by atoms with E-state index in [1.54, 1.807) is 12.1 Å². The number of hydrogen-bond acceptors (Lipinski definition) is 3. The molecule has 0 atom stereocenters. The van der Waals surface area contributed by atoms with Crippen molar-refractivity contribution >= 4 is 29.3 Å². The van der Waals surface area contributed by atoms with Crippen LogP contribution in [0.15, 0.2) is 76.8 Å². The number of guanidine groups is 1. The van der Waals surface area contributed by atoms with Crippen LogP contribution in [0, 0.1) is 12.5 Å². The minimum atomic E-state index is -4.55. The third kappa shape index (κ3) is 7.77. The zero-order valence-corrected chi connectivity index (χ0v) is 22.5. The summed E-state index contributed by atoms with van der Waals surface area (Å²) < 4.78 is 40.2. The fourth-order valence-corrected chi connectivity index (χ4v) is 4.98. The number of aryl methyl sites for hydroxylation is 1. The lowest BCUT2D eigenvalue weighted by Gasteiger charge is -2.26. The van der Waals surface area contributed by atoms with Crippen LogP contribution in [0.5, 0.6) is 0 Å². The molecule has 1 aliphatic rings. The van der Waals surface area contributed by atoms with Crippen LogP contribution in [0.3, 0.4) is 0 Å². The Morgan fingerprint density at radius 1 is 1.00 bits per heavy atom. The summed E-state index contributed by atoms with van der Waals surface area (Å²) in [6, 6.07) is 16.8. The highest BCUT2D eigenvalue weighted by atomic mass is 19.4. The van der Waals surface area contributed by atoms with Gasteiger partial charge < -0.3 is 11.1 Å². The van der Waals surface area contributed by atoms with Crippen LogP contribution < -0.4 is 16.0 Å². The molecule has 1 saturated carbocycles. The normalized spacial score (nSPS) is 14.4. The number of hydrogen-bond donors (Lipinski definition) is 3. The van der Waals surface area contributed by atoms with Gasteiger partial charge in [0.05, 0.1) is 12.1 Å². The number of carbonyl (C=O) groups is 2. The number of amides is 3. The second-order valence-electron chi connectivity index (χ2n) is 10.1. The van der Waals surface area contributed by atoms with Gasteiger partial charge in [-0.05, 0) is 84.8 Å². The zero-order valence-electron chi connectivity index (χ0n) is 22.5. The van der Waals surface area contributed by atoms with Crippen LogP contribution in [-0.2, 0) is 12.7 Å². The van der Waals surface area contributed by atoms with E-state index in [2.05, 4.69) is 15.4 Å². The van der Waals surface area contributed by atoms with Crippen molar-refractivity contribution in [3.8, 4) is 0 Å². The molecule has 0 saturated heterocycles. The quantitative estimate of drug-likeness (QED) is 0.161. The van der Waals surface area contributed by atoms with Crippen molar-refractivity contribution in [1.29, 1.82) is 5.53 Å². The van der Waals surface area contributed by atoms with E-state index >= 15 is 0 Å². The Kier molecular flexibility index (Phi) is 9.16. The smallest absolute Gasteiger partial charge is 0.366 e. The molecule has 3 aromatic carbocycles. The van der Waals surface area contributed by atoms with Gasteiger partial charge in [0.25, 0.3) is 5.91 Å². The first-order chi connectivity index (χ1) is 19.5. The summed E-state index contributed by atoms with van der Waals surface area (Å²) >= 11 is 0. The minimum Gasteiger partial charge on any atom is -0.366 e. The molecule has 11 heteroatoms. The fourth-order valence-electron chi connectivity index (χ4n) is 4.98. The number of halogens is 3. The number of benzene rings is 3. The average Bonchev–Trinajstić information content (AvgIpc) is 2.96. The highest BCUT2D eigenvalue weighted by Gasteiger charge is 2.31. The number of urea groups is 1. The summed E-state index contributed by atoms with van der Waals surface area (Å²) in [5.41, 5.74) is 14.3. The lowest BCUT2D eigenvalue weighted by Crippen LogP contribution is -2.34. The summed E-state index contributed by atoms with van der Waals surface area (Å²) in [7, 11) is 0. The summed E-state index contributed by atoms with van der Waals surface area (Å²) in [6.45, 7) is 1.61. The number of nitrogens with one attached hydrogen (secondary N) is 2. The topological polar surface area (TPSA) is 124 Å². The Morgan fingerprint density at radius 2 is 1.66 bits per heavy atom. The second kappa shape index (κ2) is 12.8. The molecule has 4 rings (SSSR count). The van der Waals surface area contributed by atoms with Gasteiger partial charge in [0.2, 0.25) is 5.96 Å². The van der Waals surface area contributed by atoms with Crippen molar-refractivity contribution in [2.75, 3.05) is 10.2 Å². The number of nitrogens with zero attached hydrogens (tertiary/aromatic N) is 3. The summed E-state index contributed by atoms with van der Waals surface area (Å²) in [5.74, 6) is -0.668. The zero-order chi connectivity index (χ0) is 29.6. The number of carbonyl (C=O) groups excluding carboxylic acids is 2. The largest absolute Gasteiger partial charge is 0.416 e. The number of alkyl halides is 3. The van der Waals surface area contributed by atoms with Gasteiger partial charge in [-0.15, -0.1) is 5.11 Å². The van der Waals surface area contributed by atoms with Gasteiger partial charge in [0, 0.05) is 16.9 Å². The first-order valence-electron chi connectivity index (χ1n) is 13.3. The van der Waals surface area contributed by atoms with E-state index in [0.717, 1.165) is 25.0 Å². The molecular formula is C30H31F3N6O2. The van der Waals surface area contributed by atoms with Gasteiger partial charge >= 0.3 is 12.2 Å². The summed E-state index contributed by atoms with van der Waals surface area (Å²) in [5, 5.41) is 5.52. The second-order valence-corrected chi connectivity index (χ2v) is 10.1. The Morgan fingerprint density at radius 3 is 2.27 bits per heavy atom. The van der Waals surface area contributed by atoms with E-state index in [9.17, 15) is 22.8 Å². The van der Waals surface area contributed by atoms with E-state index < -0.39 is 29.6 Å². The van der Waals surface area contributed by atoms with Crippen LogP contribution in [0.2, 0.25) is 0 Å². The molecule has 3 amide bonds. The van der Waals surface area contributed by atoms with Crippen LogP contribution in [0.4, 0.5) is 29.3 Å². The third-order valence-corrected chi connectivity index (χ3v) is 7.05. The van der Waals surface area contributed by atoms with Gasteiger partial charge in [-0.1, -0.05) is 43.5 Å². The van der Waals surface area contributed by atoms with E-state index in [0.29, 0.717) is 22.7 Å². The Hall–Kier alpha value is -4.54. The monoisotopic (exact) mass is 564 g/mol. The maximum absolute atomic E-state index is 13.5. The molecule has 4 N–H and O–H groups in total. The standard InChI is InChI=1S/C30H31F3N6O2/c1-19-15-24(30(31,32)33)17-25(16-19)36-29(41)39(26-13-11-22(12-14-26)21-5-3-2-4-6-21)18-20-7-9-23(10-8-20)27(40)37-28(34)38-35/h7-17,21,35H,2-6,18H2,1H3,(H,36,41)(H2,34,37,40). The lowest BCUT2D eigenvalue weighted by molar-refractivity contribution is -0.137. The predicted molar refractivity (Wildman–Crippen MR) is 151 cm³/mol. The molecular weight excluding hydrogens is 533 g/mol. The van der Waals surface area contributed by atoms with Gasteiger partial charge in [-0.3, -0.25) is 9.69 Å². The van der Waals surface area contributed by atoms with Gasteiger partial charge in [0.1, 0.15) is 0 Å². The molecule has 0 radical (unpaired) electrons. The van der Waals surface area contributed by atoms with E-state index in [1.165, 1.54) is 54.8 Å². The number of rotatable bonds is 6. The molecule has 0 unspecified atom stereocenters. The molecule has 1 fully saturated rings. The molecule has 1 aliphatic carbocycles. The minimum absolute atomic E-state index is 0.0300. The number of aliphatic imine (C=N–C) groups is 1. The Labute approximate surface area is 236 Å². The van der Waals surface area contributed by atoms with Crippen molar-refractivity contribution in [3.05, 3.63) is 94.5 Å². The lowest BCUT2D eigenvalue weighted by atomic mass is 9.84. The first kappa shape index (κ1) is 29.4. The SMILES string of the molecule is Cc1cc(NC(=O)N(Cc2ccc(C(=O)N=C(N)N=N)cc2)c2ccc(C3CCCCC3)cc2)cc(C(F)(F)F)c1. The number of nitrogens with two attached hydrogens (primary N) is 1. The molecule has 0 heterocycles. The first-order valence-corrected chi connectivity index (χ1v) is 13.3. The van der Waals surface area contributed by atoms with Crippen molar-refractivity contribution in [2.24, 2.45) is 15.8 Å². The maximum Gasteiger partial charge on any atom is 0.416 e. The molecule has 8 nitrogen and oxygen atoms in total. The molecule has 0 spiro atoms. The number of anilines is 2. The van der Waals surface area contributed by atoms with E-state index in [1.807, 2.05) is 24.3 Å². The van der Waals surface area contributed by atoms with Crippen LogP contribution >= 0.6 is 0 Å². The van der Waals surface area contributed by atoms with Crippen molar-refractivity contribution in [1.82, 2.24) is 0 Å². The third-order valence-electron chi connectivity index (χ3n) is 7.05. The molecule has 41 heavy (non-hydrogen) atoms. The van der Waals surface area contributed by atoms with Crippen LogP contribution in [-0.4, -0.2) is 17.9 Å². The van der Waals surface area contributed by atoms with Gasteiger partial charge in [-0.25, -0.2) is 10.3 Å². The predicted octanol–water partition coefficient (Wildman–Crippen LogP) is 7.79. The van der Waals surface area contributed by atoms with Crippen molar-refractivity contribution in [3.63, 3.8) is 0 Å². The average molecular weight is 565 g/mol. The van der Waals surface area contributed by atoms with Crippen molar-refractivity contribution in [2.45, 2.75) is 57.7 Å². The highest BCUT2D eigenvalue weighted by molar-refractivity contribution is 6.03. The van der Waals surface area contributed by atoms with Gasteiger partial charge in [-0.2, -0.15) is 18.2 Å². The Bertz CT molecular complexity index is 1430. The highest BCUT2D eigenvalue weighted by Crippen LogP contribution is 2.34. The molecule has 0 aliphatic heterocycles. The Balaban J connectivity index is 1.61. The van der Waals surface area contributed by atoms with Crippen LogP contribution in [0.25, 0.3) is 0 Å². The maximum atomic E-state index is 13.5. The molecule has 3 aromatic rings. The van der Waals surface area contributed by atoms with Crippen LogP contribution in [0.1, 0.15) is 70.6 Å². The molecule has 0 bridgehead atoms. The van der Waals surface area contributed by atoms with Crippen molar-refractivity contribution < 1.29 is 22.8 Å². The molecule has 214 valence electrons. The molecule has 0 aromatic heterocycles. The van der Waals surface area contributed by atoms with E-state index in [-0.39, 0.29) is 17.8 Å².